The molecule has 0 aliphatic carbocycles. The minimum absolute atomic E-state index is 0.151. The summed E-state index contributed by atoms with van der Waals surface area (Å²) >= 11 is 0. The summed E-state index contributed by atoms with van der Waals surface area (Å²) in [6.45, 7) is 2.00. The maximum Gasteiger partial charge on any atom is 0.267 e. The third-order valence-corrected chi connectivity index (χ3v) is 4.56. The molecule has 0 aliphatic rings. The molecule has 0 radical (unpaired) electrons. The number of nitrogens with zero attached hydrogens (tertiary/aromatic N) is 3. The molecular weight excluding hydrogens is 364 g/mol. The highest BCUT2D eigenvalue weighted by Gasteiger charge is 2.12. The fraction of sp³-hybridized carbons (Fsp3) is 0.0870. The summed E-state index contributed by atoms with van der Waals surface area (Å²) in [6.07, 6.45) is 1.67. The summed E-state index contributed by atoms with van der Waals surface area (Å²) in [5.74, 6) is 1.13. The fourth-order valence-corrected chi connectivity index (χ4v) is 3.00. The molecule has 4 rings (SSSR count). The lowest BCUT2D eigenvalue weighted by atomic mass is 10.2. The van der Waals surface area contributed by atoms with Crippen molar-refractivity contribution in [2.24, 2.45) is 5.10 Å². The van der Waals surface area contributed by atoms with Crippen molar-refractivity contribution in [3.05, 3.63) is 94.3 Å². The van der Waals surface area contributed by atoms with Gasteiger partial charge in [-0.3, -0.25) is 4.79 Å². The molecule has 0 amide bonds. The van der Waals surface area contributed by atoms with E-state index < -0.39 is 0 Å². The quantitative estimate of drug-likeness (QED) is 0.415. The van der Waals surface area contributed by atoms with Crippen molar-refractivity contribution in [1.29, 1.82) is 0 Å². The number of para-hydroxylation sites is 1. The molecule has 4 aromatic rings. The van der Waals surface area contributed by atoms with Crippen LogP contribution in [0.4, 0.5) is 5.95 Å². The Balaban J connectivity index is 1.75. The molecule has 0 saturated heterocycles. The Hall–Kier alpha value is -3.93. The van der Waals surface area contributed by atoms with Gasteiger partial charge in [-0.05, 0) is 61.0 Å². The van der Waals surface area contributed by atoms with Crippen LogP contribution in [0.1, 0.15) is 11.1 Å². The van der Waals surface area contributed by atoms with Gasteiger partial charge in [-0.15, -0.1) is 0 Å². The van der Waals surface area contributed by atoms with Crippen LogP contribution in [0.25, 0.3) is 16.6 Å². The smallest absolute Gasteiger partial charge is 0.267 e. The maximum absolute atomic E-state index is 13.2. The third kappa shape index (κ3) is 3.87. The molecule has 0 saturated carbocycles. The number of hydrogen-bond acceptors (Lipinski definition) is 5. The van der Waals surface area contributed by atoms with Gasteiger partial charge >= 0.3 is 0 Å². The van der Waals surface area contributed by atoms with Gasteiger partial charge in [-0.1, -0.05) is 29.8 Å². The van der Waals surface area contributed by atoms with Gasteiger partial charge in [-0.2, -0.15) is 5.10 Å². The lowest BCUT2D eigenvalue weighted by Crippen LogP contribution is -2.22. The number of ether oxygens (including phenoxy) is 1. The zero-order valence-corrected chi connectivity index (χ0v) is 16.2. The molecule has 1 aromatic heterocycles. The van der Waals surface area contributed by atoms with Crippen molar-refractivity contribution in [3.63, 3.8) is 0 Å². The molecular formula is C23H20N4O2. The minimum atomic E-state index is -0.151. The fourth-order valence-electron chi connectivity index (χ4n) is 3.00. The number of nitrogens with one attached hydrogen (secondary N) is 1. The molecule has 0 bridgehead atoms. The minimum Gasteiger partial charge on any atom is -0.497 e. The van der Waals surface area contributed by atoms with Crippen molar-refractivity contribution in [1.82, 2.24) is 9.55 Å². The molecule has 3 aromatic carbocycles. The molecule has 0 atom stereocenters. The molecule has 1 heterocycles. The summed E-state index contributed by atoms with van der Waals surface area (Å²) in [7, 11) is 1.63. The molecule has 6 nitrogen and oxygen atoms in total. The van der Waals surface area contributed by atoms with E-state index in [4.69, 9.17) is 4.74 Å². The number of aromatic nitrogens is 2. The van der Waals surface area contributed by atoms with Gasteiger partial charge in [0.15, 0.2) is 0 Å². The topological polar surface area (TPSA) is 68.5 Å². The van der Waals surface area contributed by atoms with Crippen LogP contribution in [0, 0.1) is 6.92 Å². The Morgan fingerprint density at radius 1 is 1.00 bits per heavy atom. The first-order chi connectivity index (χ1) is 14.2. The lowest BCUT2D eigenvalue weighted by Gasteiger charge is -2.13. The van der Waals surface area contributed by atoms with Crippen molar-refractivity contribution >= 4 is 23.1 Å². The average Bonchev–Trinajstić information content (AvgIpc) is 2.75. The maximum atomic E-state index is 13.2. The predicted molar refractivity (Wildman–Crippen MR) is 116 cm³/mol. The first-order valence-corrected chi connectivity index (χ1v) is 9.18. The molecule has 6 heteroatoms. The summed E-state index contributed by atoms with van der Waals surface area (Å²) in [5, 5.41) is 4.83. The predicted octanol–water partition coefficient (Wildman–Crippen LogP) is 4.15. The number of methoxy groups -OCH3 is 1. The molecule has 0 unspecified atom stereocenters. The van der Waals surface area contributed by atoms with E-state index in [0.717, 1.165) is 22.6 Å². The first kappa shape index (κ1) is 18.4. The number of fused-ring (bicyclic) bond motifs is 1. The highest BCUT2D eigenvalue weighted by atomic mass is 16.5. The number of hydrogen-bond donors (Lipinski definition) is 1. The van der Waals surface area contributed by atoms with Crippen LogP contribution >= 0.6 is 0 Å². The van der Waals surface area contributed by atoms with Crippen LogP contribution < -0.4 is 15.7 Å². The molecule has 0 fully saturated rings. The van der Waals surface area contributed by atoms with E-state index in [1.54, 1.807) is 19.4 Å². The monoisotopic (exact) mass is 384 g/mol. The van der Waals surface area contributed by atoms with Crippen LogP contribution in [0.5, 0.6) is 5.75 Å². The van der Waals surface area contributed by atoms with Crippen molar-refractivity contribution in [2.45, 2.75) is 6.92 Å². The zero-order chi connectivity index (χ0) is 20.2. The first-order valence-electron chi connectivity index (χ1n) is 9.18. The van der Waals surface area contributed by atoms with Gasteiger partial charge in [-0.25, -0.2) is 15.0 Å². The summed E-state index contributed by atoms with van der Waals surface area (Å²) < 4.78 is 6.70. The standard InChI is InChI=1S/C23H20N4O2/c1-16-7-11-18(12-8-16)27-22(28)20-5-3-4-6-21(20)25-23(27)26-24-15-17-9-13-19(29-2)14-10-17/h3-15H,1-2H3,(H,25,26)/b24-15-. The third-order valence-electron chi connectivity index (χ3n) is 4.56. The number of rotatable bonds is 5. The second-order valence-electron chi connectivity index (χ2n) is 6.57. The Morgan fingerprint density at radius 2 is 1.72 bits per heavy atom. The Morgan fingerprint density at radius 3 is 2.45 bits per heavy atom. The number of benzene rings is 3. The van der Waals surface area contributed by atoms with E-state index in [1.807, 2.05) is 73.7 Å². The van der Waals surface area contributed by atoms with Gasteiger partial charge in [0.1, 0.15) is 5.75 Å². The van der Waals surface area contributed by atoms with E-state index in [0.29, 0.717) is 16.9 Å². The average molecular weight is 384 g/mol. The van der Waals surface area contributed by atoms with Crippen molar-refractivity contribution in [3.8, 4) is 11.4 Å². The second-order valence-corrected chi connectivity index (χ2v) is 6.57. The number of aryl methyl sites for hydroxylation is 1. The lowest BCUT2D eigenvalue weighted by molar-refractivity contribution is 0.415. The highest BCUT2D eigenvalue weighted by Crippen LogP contribution is 2.17. The summed E-state index contributed by atoms with van der Waals surface area (Å²) in [5.41, 5.74) is 6.12. The molecule has 0 aliphatic heterocycles. The largest absolute Gasteiger partial charge is 0.497 e. The Bertz CT molecular complexity index is 1230. The van der Waals surface area contributed by atoms with Crippen LogP contribution in [0.15, 0.2) is 82.7 Å². The van der Waals surface area contributed by atoms with E-state index in [9.17, 15) is 4.79 Å². The molecule has 0 spiro atoms. The van der Waals surface area contributed by atoms with Gasteiger partial charge in [0.2, 0.25) is 5.95 Å². The van der Waals surface area contributed by atoms with Crippen LogP contribution in [0.3, 0.4) is 0 Å². The normalized spacial score (nSPS) is 11.1. The number of hydrazone groups is 1. The number of anilines is 1. The van der Waals surface area contributed by atoms with Gasteiger partial charge in [0.05, 0.1) is 29.9 Å². The van der Waals surface area contributed by atoms with Crippen molar-refractivity contribution in [2.75, 3.05) is 12.5 Å². The van der Waals surface area contributed by atoms with Gasteiger partial charge < -0.3 is 4.74 Å². The molecule has 29 heavy (non-hydrogen) atoms. The van der Waals surface area contributed by atoms with E-state index in [-0.39, 0.29) is 5.56 Å². The van der Waals surface area contributed by atoms with E-state index in [2.05, 4.69) is 15.5 Å². The zero-order valence-electron chi connectivity index (χ0n) is 16.2. The van der Waals surface area contributed by atoms with Gasteiger partial charge in [0, 0.05) is 0 Å². The van der Waals surface area contributed by atoms with Crippen LogP contribution in [-0.4, -0.2) is 22.9 Å². The van der Waals surface area contributed by atoms with E-state index in [1.165, 1.54) is 4.57 Å². The van der Waals surface area contributed by atoms with Crippen LogP contribution in [0.2, 0.25) is 0 Å². The Labute approximate surface area is 168 Å². The summed E-state index contributed by atoms with van der Waals surface area (Å²) in [4.78, 5) is 17.8. The second kappa shape index (κ2) is 7.98. The summed E-state index contributed by atoms with van der Waals surface area (Å²) in [6, 6.07) is 22.5. The van der Waals surface area contributed by atoms with Gasteiger partial charge in [0.25, 0.3) is 5.56 Å². The van der Waals surface area contributed by atoms with E-state index >= 15 is 0 Å². The highest BCUT2D eigenvalue weighted by molar-refractivity contribution is 5.81. The molecule has 1 N–H and O–H groups in total. The van der Waals surface area contributed by atoms with Crippen LogP contribution in [-0.2, 0) is 0 Å². The Kier molecular flexibility index (Phi) is 5.07. The molecule has 144 valence electrons. The van der Waals surface area contributed by atoms with Crippen molar-refractivity contribution < 1.29 is 4.74 Å². The SMILES string of the molecule is COc1ccc(/C=N\Nc2nc3ccccc3c(=O)n2-c2ccc(C)cc2)cc1.